The predicted molar refractivity (Wildman–Crippen MR) is 95.3 cm³/mol. The van der Waals surface area contributed by atoms with E-state index >= 15 is 0 Å². The SMILES string of the molecule is Nc1cccc(-c2nc(-c3ccc(C(=O)O)cc3)n3ccsc23)c1F. The van der Waals surface area contributed by atoms with E-state index in [0.717, 1.165) is 10.4 Å². The number of nitrogen functional groups attached to an aromatic ring is 1. The number of carboxylic acids is 1. The quantitative estimate of drug-likeness (QED) is 0.542. The fourth-order valence-corrected chi connectivity index (χ4v) is 3.54. The van der Waals surface area contributed by atoms with E-state index in [1.807, 2.05) is 16.0 Å². The van der Waals surface area contributed by atoms with E-state index < -0.39 is 11.8 Å². The largest absolute Gasteiger partial charge is 0.478 e. The molecule has 0 radical (unpaired) electrons. The van der Waals surface area contributed by atoms with Gasteiger partial charge in [-0.1, -0.05) is 18.2 Å². The Morgan fingerprint density at radius 2 is 1.96 bits per heavy atom. The maximum absolute atomic E-state index is 14.4. The number of hydrogen-bond acceptors (Lipinski definition) is 4. The third-order valence-electron chi connectivity index (χ3n) is 3.93. The van der Waals surface area contributed by atoms with Crippen molar-refractivity contribution < 1.29 is 14.3 Å². The summed E-state index contributed by atoms with van der Waals surface area (Å²) in [5, 5.41) is 10.9. The molecule has 7 heteroatoms. The number of rotatable bonds is 3. The minimum absolute atomic E-state index is 0.0718. The molecule has 0 aliphatic rings. The Bertz CT molecular complexity index is 1100. The maximum atomic E-state index is 14.4. The average molecular weight is 353 g/mol. The van der Waals surface area contributed by atoms with E-state index in [-0.39, 0.29) is 11.3 Å². The second kappa shape index (κ2) is 5.71. The van der Waals surface area contributed by atoms with Crippen LogP contribution in [0.3, 0.4) is 0 Å². The number of anilines is 1. The molecule has 3 N–H and O–H groups in total. The summed E-state index contributed by atoms with van der Waals surface area (Å²) in [4.78, 5) is 16.4. The molecule has 0 saturated heterocycles. The third-order valence-corrected chi connectivity index (χ3v) is 4.80. The zero-order valence-corrected chi connectivity index (χ0v) is 13.6. The van der Waals surface area contributed by atoms with Crippen molar-refractivity contribution >= 4 is 27.8 Å². The monoisotopic (exact) mass is 353 g/mol. The van der Waals surface area contributed by atoms with E-state index in [2.05, 4.69) is 4.98 Å². The molecule has 0 unspecified atom stereocenters. The predicted octanol–water partition coefficient (Wildman–Crippen LogP) is 4.15. The van der Waals surface area contributed by atoms with E-state index in [0.29, 0.717) is 17.1 Å². The van der Waals surface area contributed by atoms with Crippen molar-refractivity contribution in [2.75, 3.05) is 5.73 Å². The molecule has 0 bridgehead atoms. The molecule has 0 spiro atoms. The molecule has 0 saturated carbocycles. The van der Waals surface area contributed by atoms with Crippen LogP contribution in [0.4, 0.5) is 10.1 Å². The van der Waals surface area contributed by atoms with Crippen LogP contribution >= 0.6 is 11.3 Å². The van der Waals surface area contributed by atoms with Crippen molar-refractivity contribution in [2.45, 2.75) is 0 Å². The van der Waals surface area contributed by atoms with Crippen molar-refractivity contribution in [2.24, 2.45) is 0 Å². The molecular weight excluding hydrogens is 341 g/mol. The van der Waals surface area contributed by atoms with Crippen LogP contribution < -0.4 is 5.73 Å². The first-order chi connectivity index (χ1) is 12.1. The van der Waals surface area contributed by atoms with Gasteiger partial charge in [0, 0.05) is 22.7 Å². The molecule has 0 aliphatic heterocycles. The van der Waals surface area contributed by atoms with E-state index in [1.54, 1.807) is 24.3 Å². The van der Waals surface area contributed by atoms with Crippen molar-refractivity contribution in [3.05, 3.63) is 65.4 Å². The summed E-state index contributed by atoms with van der Waals surface area (Å²) in [5.74, 6) is -0.869. The Morgan fingerprint density at radius 1 is 1.20 bits per heavy atom. The van der Waals surface area contributed by atoms with E-state index in [9.17, 15) is 9.18 Å². The average Bonchev–Trinajstić information content (AvgIpc) is 3.20. The summed E-state index contributed by atoms with van der Waals surface area (Å²) in [6.45, 7) is 0. The molecule has 4 rings (SSSR count). The minimum Gasteiger partial charge on any atom is -0.478 e. The number of aromatic carboxylic acids is 1. The Morgan fingerprint density at radius 3 is 2.68 bits per heavy atom. The number of thiazole rings is 1. The summed E-state index contributed by atoms with van der Waals surface area (Å²) in [5.41, 5.74) is 7.55. The van der Waals surface area contributed by atoms with Crippen LogP contribution in [0.5, 0.6) is 0 Å². The highest BCUT2D eigenvalue weighted by Gasteiger charge is 2.19. The third kappa shape index (κ3) is 2.45. The molecule has 0 fully saturated rings. The fraction of sp³-hybridized carbons (Fsp3) is 0. The molecule has 0 amide bonds. The number of aromatic nitrogens is 2. The Balaban J connectivity index is 1.91. The second-order valence-electron chi connectivity index (χ2n) is 5.45. The lowest BCUT2D eigenvalue weighted by Crippen LogP contribution is -1.95. The fourth-order valence-electron chi connectivity index (χ4n) is 2.70. The van der Waals surface area contributed by atoms with Crippen LogP contribution in [0.1, 0.15) is 10.4 Å². The Kier molecular flexibility index (Phi) is 3.51. The molecule has 124 valence electrons. The van der Waals surface area contributed by atoms with Crippen LogP contribution in [-0.2, 0) is 0 Å². The Labute approximate surface area is 145 Å². The lowest BCUT2D eigenvalue weighted by Gasteiger charge is -2.02. The number of halogens is 1. The molecular formula is C18H12FN3O2S. The molecule has 5 nitrogen and oxygen atoms in total. The number of imidazole rings is 1. The zero-order chi connectivity index (χ0) is 17.6. The number of benzene rings is 2. The highest BCUT2D eigenvalue weighted by atomic mass is 32.1. The van der Waals surface area contributed by atoms with Gasteiger partial charge in [-0.2, -0.15) is 0 Å². The zero-order valence-electron chi connectivity index (χ0n) is 12.8. The topological polar surface area (TPSA) is 80.6 Å². The van der Waals surface area contributed by atoms with Crippen LogP contribution in [-0.4, -0.2) is 20.5 Å². The molecule has 2 aromatic heterocycles. The molecule has 0 aliphatic carbocycles. The first-order valence-electron chi connectivity index (χ1n) is 7.40. The summed E-state index contributed by atoms with van der Waals surface area (Å²) < 4.78 is 16.3. The van der Waals surface area contributed by atoms with Crippen LogP contribution in [0.15, 0.2) is 54.0 Å². The molecule has 2 aromatic carbocycles. The number of carbonyl (C=O) groups is 1. The normalized spacial score (nSPS) is 11.1. The van der Waals surface area contributed by atoms with Crippen molar-refractivity contribution in [1.29, 1.82) is 0 Å². The van der Waals surface area contributed by atoms with Gasteiger partial charge < -0.3 is 10.8 Å². The van der Waals surface area contributed by atoms with Crippen molar-refractivity contribution in [3.63, 3.8) is 0 Å². The first-order valence-corrected chi connectivity index (χ1v) is 8.28. The number of carboxylic acid groups (broad SMARTS) is 1. The first kappa shape index (κ1) is 15.3. The van der Waals surface area contributed by atoms with Gasteiger partial charge in [-0.25, -0.2) is 14.2 Å². The lowest BCUT2D eigenvalue weighted by molar-refractivity contribution is 0.0697. The van der Waals surface area contributed by atoms with Crippen molar-refractivity contribution in [1.82, 2.24) is 9.38 Å². The van der Waals surface area contributed by atoms with Gasteiger partial charge in [0.1, 0.15) is 16.3 Å². The van der Waals surface area contributed by atoms with Gasteiger partial charge in [0.2, 0.25) is 0 Å². The number of hydrogen-bond donors (Lipinski definition) is 2. The van der Waals surface area contributed by atoms with Gasteiger partial charge >= 0.3 is 5.97 Å². The highest BCUT2D eigenvalue weighted by molar-refractivity contribution is 7.16. The van der Waals surface area contributed by atoms with Gasteiger partial charge in [0.25, 0.3) is 0 Å². The molecule has 2 heterocycles. The van der Waals surface area contributed by atoms with Crippen LogP contribution in [0, 0.1) is 5.82 Å². The van der Waals surface area contributed by atoms with Gasteiger partial charge in [-0.15, -0.1) is 11.3 Å². The standard InChI is InChI=1S/C18H12FN3O2S/c19-14-12(2-1-3-13(14)20)15-17-22(8-9-25-17)16(21-15)10-4-6-11(7-5-10)18(23)24/h1-9H,20H2,(H,23,24). The van der Waals surface area contributed by atoms with E-state index in [4.69, 9.17) is 10.8 Å². The van der Waals surface area contributed by atoms with Gasteiger partial charge in [-0.05, 0) is 24.3 Å². The van der Waals surface area contributed by atoms with Crippen molar-refractivity contribution in [3.8, 4) is 22.6 Å². The summed E-state index contributed by atoms with van der Waals surface area (Å²) >= 11 is 1.45. The summed E-state index contributed by atoms with van der Waals surface area (Å²) in [7, 11) is 0. The van der Waals surface area contributed by atoms with Gasteiger partial charge in [-0.3, -0.25) is 4.40 Å². The van der Waals surface area contributed by atoms with Gasteiger partial charge in [0.15, 0.2) is 5.82 Å². The molecule has 4 aromatic rings. The molecule has 25 heavy (non-hydrogen) atoms. The number of nitrogens with zero attached hydrogens (tertiary/aromatic N) is 2. The van der Waals surface area contributed by atoms with Crippen LogP contribution in [0.2, 0.25) is 0 Å². The Hall–Kier alpha value is -3.19. The van der Waals surface area contributed by atoms with Gasteiger partial charge in [0.05, 0.1) is 11.3 Å². The maximum Gasteiger partial charge on any atom is 0.335 e. The number of fused-ring (bicyclic) bond motifs is 1. The second-order valence-corrected chi connectivity index (χ2v) is 6.35. The molecule has 0 atom stereocenters. The van der Waals surface area contributed by atoms with Crippen LogP contribution in [0.25, 0.3) is 27.5 Å². The lowest BCUT2D eigenvalue weighted by atomic mass is 10.1. The number of nitrogens with two attached hydrogens (primary N) is 1. The smallest absolute Gasteiger partial charge is 0.335 e. The highest BCUT2D eigenvalue weighted by Crippen LogP contribution is 2.35. The summed E-state index contributed by atoms with van der Waals surface area (Å²) in [6.07, 6.45) is 1.85. The van der Waals surface area contributed by atoms with E-state index in [1.165, 1.54) is 29.5 Å². The minimum atomic E-state index is -0.988. The summed E-state index contributed by atoms with van der Waals surface area (Å²) in [6, 6.07) is 11.3.